The second-order valence-electron chi connectivity index (χ2n) is 6.19. The Morgan fingerprint density at radius 3 is 2.45 bits per heavy atom. The third-order valence-corrected chi connectivity index (χ3v) is 5.43. The summed E-state index contributed by atoms with van der Waals surface area (Å²) in [5.41, 5.74) is 1.35. The lowest BCUT2D eigenvalue weighted by Crippen LogP contribution is -2.43. The molecule has 1 N–H and O–H groups in total. The average Bonchev–Trinajstić information content (AvgIpc) is 2.72. The number of hydrogen-bond acceptors (Lipinski definition) is 6. The second-order valence-corrected chi connectivity index (χ2v) is 7.36. The summed E-state index contributed by atoms with van der Waals surface area (Å²) >= 11 is 1.16. The van der Waals surface area contributed by atoms with Gasteiger partial charge in [-0.1, -0.05) is 11.8 Å². The molecule has 2 aromatic carbocycles. The van der Waals surface area contributed by atoms with E-state index in [2.05, 4.69) is 15.0 Å². The van der Waals surface area contributed by atoms with Gasteiger partial charge in [-0.25, -0.2) is 14.2 Å². The van der Waals surface area contributed by atoms with E-state index in [0.717, 1.165) is 11.8 Å². The number of benzene rings is 2. The van der Waals surface area contributed by atoms with Gasteiger partial charge < -0.3 is 10.1 Å². The van der Waals surface area contributed by atoms with E-state index >= 15 is 0 Å². The summed E-state index contributed by atoms with van der Waals surface area (Å²) in [7, 11) is 2.89. The summed E-state index contributed by atoms with van der Waals surface area (Å²) in [6.45, 7) is 0. The van der Waals surface area contributed by atoms with Crippen molar-refractivity contribution in [3.8, 4) is 0 Å². The number of ether oxygens (including phenoxy) is 1. The quantitative estimate of drug-likeness (QED) is 0.775. The molecule has 0 radical (unpaired) electrons. The van der Waals surface area contributed by atoms with Gasteiger partial charge in [0.05, 0.1) is 18.4 Å². The number of amides is 2. The fourth-order valence-corrected chi connectivity index (χ4v) is 3.62. The standard InChI is InChI=1S/C20H18FN3O4S/c1-24-17(25)11-16(18(26)22-14-9-5-13(21)6-10-14)29-20(24)23-15-7-3-12(4-8-15)19(27)28-2/h3-10,16H,11H2,1-2H3,(H,22,26). The third-order valence-electron chi connectivity index (χ3n) is 4.19. The second kappa shape index (κ2) is 8.87. The minimum atomic E-state index is -0.670. The minimum absolute atomic E-state index is 0.0223. The topological polar surface area (TPSA) is 88.1 Å². The summed E-state index contributed by atoms with van der Waals surface area (Å²) < 4.78 is 17.7. The summed E-state index contributed by atoms with van der Waals surface area (Å²) in [5.74, 6) is -1.47. The number of nitrogens with zero attached hydrogens (tertiary/aromatic N) is 2. The first-order valence-electron chi connectivity index (χ1n) is 8.64. The van der Waals surface area contributed by atoms with Crippen molar-refractivity contribution in [2.75, 3.05) is 19.5 Å². The van der Waals surface area contributed by atoms with Crippen LogP contribution >= 0.6 is 11.8 Å². The lowest BCUT2D eigenvalue weighted by Gasteiger charge is -2.28. The zero-order valence-electron chi connectivity index (χ0n) is 15.7. The maximum atomic E-state index is 13.0. The van der Waals surface area contributed by atoms with Crippen LogP contribution < -0.4 is 5.32 Å². The predicted molar refractivity (Wildman–Crippen MR) is 109 cm³/mol. The largest absolute Gasteiger partial charge is 0.465 e. The van der Waals surface area contributed by atoms with E-state index < -0.39 is 17.0 Å². The summed E-state index contributed by atoms with van der Waals surface area (Å²) in [6.07, 6.45) is 0.0223. The molecular formula is C20H18FN3O4S. The molecule has 2 aromatic rings. The van der Waals surface area contributed by atoms with Crippen LogP contribution in [0.2, 0.25) is 0 Å². The van der Waals surface area contributed by atoms with Gasteiger partial charge in [-0.2, -0.15) is 0 Å². The third kappa shape index (κ3) is 5.00. The number of methoxy groups -OCH3 is 1. The number of hydrogen-bond donors (Lipinski definition) is 1. The number of thioether (sulfide) groups is 1. The SMILES string of the molecule is COC(=O)c1ccc(N=C2SC(C(=O)Nc3ccc(F)cc3)CC(=O)N2C)cc1. The van der Waals surface area contributed by atoms with E-state index in [9.17, 15) is 18.8 Å². The molecule has 150 valence electrons. The van der Waals surface area contributed by atoms with Crippen LogP contribution in [0.4, 0.5) is 15.8 Å². The van der Waals surface area contributed by atoms with Gasteiger partial charge in [-0.3, -0.25) is 14.5 Å². The Kier molecular flexibility index (Phi) is 6.28. The Morgan fingerprint density at radius 1 is 1.17 bits per heavy atom. The van der Waals surface area contributed by atoms with E-state index in [1.807, 2.05) is 0 Å². The first kappa shape index (κ1) is 20.5. The number of nitrogens with one attached hydrogen (secondary N) is 1. The number of rotatable bonds is 4. The highest BCUT2D eigenvalue weighted by molar-refractivity contribution is 8.15. The molecule has 29 heavy (non-hydrogen) atoms. The summed E-state index contributed by atoms with van der Waals surface area (Å²) in [6, 6.07) is 11.8. The van der Waals surface area contributed by atoms with Gasteiger partial charge in [0, 0.05) is 19.2 Å². The molecule has 1 fully saturated rings. The lowest BCUT2D eigenvalue weighted by molar-refractivity contribution is -0.128. The van der Waals surface area contributed by atoms with E-state index in [1.165, 1.54) is 36.3 Å². The van der Waals surface area contributed by atoms with E-state index in [4.69, 9.17) is 0 Å². The molecular weight excluding hydrogens is 397 g/mol. The molecule has 1 heterocycles. The molecule has 9 heteroatoms. The maximum Gasteiger partial charge on any atom is 0.337 e. The fraction of sp³-hybridized carbons (Fsp3) is 0.200. The van der Waals surface area contributed by atoms with Crippen LogP contribution in [0, 0.1) is 5.82 Å². The van der Waals surface area contributed by atoms with Crippen LogP contribution in [0.15, 0.2) is 53.5 Å². The summed E-state index contributed by atoms with van der Waals surface area (Å²) in [5, 5.41) is 2.38. The smallest absolute Gasteiger partial charge is 0.337 e. The van der Waals surface area contributed by atoms with Crippen LogP contribution in [0.3, 0.4) is 0 Å². The monoisotopic (exact) mass is 415 g/mol. The molecule has 1 saturated heterocycles. The minimum Gasteiger partial charge on any atom is -0.465 e. The predicted octanol–water partition coefficient (Wildman–Crippen LogP) is 3.20. The number of esters is 1. The Labute approximate surface area is 170 Å². The Morgan fingerprint density at radius 2 is 1.83 bits per heavy atom. The van der Waals surface area contributed by atoms with Gasteiger partial charge in [0.25, 0.3) is 0 Å². The van der Waals surface area contributed by atoms with Crippen LogP contribution in [-0.4, -0.2) is 47.3 Å². The first-order chi connectivity index (χ1) is 13.9. The highest BCUT2D eigenvalue weighted by Crippen LogP contribution is 2.29. The van der Waals surface area contributed by atoms with E-state index in [-0.39, 0.29) is 18.2 Å². The van der Waals surface area contributed by atoms with E-state index in [1.54, 1.807) is 31.3 Å². The molecule has 1 aliphatic heterocycles. The van der Waals surface area contributed by atoms with Crippen molar-refractivity contribution < 1.29 is 23.5 Å². The van der Waals surface area contributed by atoms with Crippen molar-refractivity contribution in [3.05, 3.63) is 59.9 Å². The van der Waals surface area contributed by atoms with Crippen LogP contribution in [0.1, 0.15) is 16.8 Å². The number of carbonyl (C=O) groups is 3. The van der Waals surface area contributed by atoms with Crippen molar-refractivity contribution in [2.24, 2.45) is 4.99 Å². The molecule has 0 spiro atoms. The highest BCUT2D eigenvalue weighted by atomic mass is 32.2. The molecule has 0 bridgehead atoms. The normalized spacial score (nSPS) is 17.9. The molecule has 0 saturated carbocycles. The van der Waals surface area contributed by atoms with Crippen molar-refractivity contribution in [1.29, 1.82) is 0 Å². The van der Waals surface area contributed by atoms with Gasteiger partial charge in [-0.05, 0) is 48.5 Å². The van der Waals surface area contributed by atoms with E-state index in [0.29, 0.717) is 22.1 Å². The number of anilines is 1. The van der Waals surface area contributed by atoms with Gasteiger partial charge in [0.1, 0.15) is 11.1 Å². The number of carbonyl (C=O) groups excluding carboxylic acids is 3. The van der Waals surface area contributed by atoms with Crippen molar-refractivity contribution in [3.63, 3.8) is 0 Å². The Balaban J connectivity index is 1.75. The van der Waals surface area contributed by atoms with Crippen LogP contribution in [0.5, 0.6) is 0 Å². The fourth-order valence-electron chi connectivity index (χ4n) is 2.55. The molecule has 1 unspecified atom stereocenters. The van der Waals surface area contributed by atoms with Gasteiger partial charge in [0.2, 0.25) is 11.8 Å². The maximum absolute atomic E-state index is 13.0. The lowest BCUT2D eigenvalue weighted by atomic mass is 10.2. The zero-order valence-corrected chi connectivity index (χ0v) is 16.5. The van der Waals surface area contributed by atoms with Crippen LogP contribution in [0.25, 0.3) is 0 Å². The van der Waals surface area contributed by atoms with Gasteiger partial charge in [0.15, 0.2) is 5.17 Å². The molecule has 1 atom stereocenters. The molecule has 0 aromatic heterocycles. The Hall–Kier alpha value is -3.20. The number of amidine groups is 1. The van der Waals surface area contributed by atoms with Crippen molar-refractivity contribution in [1.82, 2.24) is 4.90 Å². The van der Waals surface area contributed by atoms with Crippen LogP contribution in [-0.2, 0) is 14.3 Å². The van der Waals surface area contributed by atoms with Crippen molar-refractivity contribution >= 4 is 46.1 Å². The highest BCUT2D eigenvalue weighted by Gasteiger charge is 2.34. The molecule has 2 amide bonds. The molecule has 7 nitrogen and oxygen atoms in total. The molecule has 3 rings (SSSR count). The number of halogens is 1. The number of aliphatic imine (C=N–C) groups is 1. The van der Waals surface area contributed by atoms with Gasteiger partial charge in [-0.15, -0.1) is 0 Å². The molecule has 0 aliphatic carbocycles. The zero-order chi connectivity index (χ0) is 21.0. The molecule has 1 aliphatic rings. The van der Waals surface area contributed by atoms with Gasteiger partial charge >= 0.3 is 5.97 Å². The average molecular weight is 415 g/mol. The summed E-state index contributed by atoms with van der Waals surface area (Å²) in [4.78, 5) is 42.2. The first-order valence-corrected chi connectivity index (χ1v) is 9.52. The van der Waals surface area contributed by atoms with Crippen molar-refractivity contribution in [2.45, 2.75) is 11.7 Å². The Bertz CT molecular complexity index is 961.